The van der Waals surface area contributed by atoms with Gasteiger partial charge < -0.3 is 9.88 Å². The van der Waals surface area contributed by atoms with Crippen LogP contribution in [-0.2, 0) is 27.9 Å². The summed E-state index contributed by atoms with van der Waals surface area (Å²) in [5, 5.41) is 11.3. The molecule has 1 amide bonds. The van der Waals surface area contributed by atoms with Crippen LogP contribution in [0.4, 0.5) is 20.2 Å². The maximum atomic E-state index is 13.3. The highest BCUT2D eigenvalue weighted by atomic mass is 32.2. The maximum Gasteiger partial charge on any atom is 0.234 e. The summed E-state index contributed by atoms with van der Waals surface area (Å²) < 4.78 is 53.7. The number of nitrogens with one attached hydrogen (secondary N) is 1. The van der Waals surface area contributed by atoms with Gasteiger partial charge in [-0.3, -0.25) is 9.10 Å². The van der Waals surface area contributed by atoms with Gasteiger partial charge in [-0.1, -0.05) is 11.8 Å². The molecule has 0 aliphatic heterocycles. The number of aromatic nitrogens is 3. The van der Waals surface area contributed by atoms with Gasteiger partial charge in [-0.15, -0.1) is 10.2 Å². The molecule has 0 aliphatic carbocycles. The summed E-state index contributed by atoms with van der Waals surface area (Å²) in [7, 11) is -3.68. The second-order valence-electron chi connectivity index (χ2n) is 6.73. The van der Waals surface area contributed by atoms with Crippen LogP contribution >= 0.6 is 11.8 Å². The molecule has 1 aromatic heterocycles. The highest BCUT2D eigenvalue weighted by molar-refractivity contribution is 7.99. The topological polar surface area (TPSA) is 97.2 Å². The van der Waals surface area contributed by atoms with Crippen LogP contribution in [0, 0.1) is 11.6 Å². The third-order valence-corrected chi connectivity index (χ3v) is 6.48. The van der Waals surface area contributed by atoms with Crippen LogP contribution in [0.1, 0.15) is 12.7 Å². The lowest BCUT2D eigenvalue weighted by Crippen LogP contribution is -2.30. The minimum atomic E-state index is -3.68. The number of sulfonamides is 1. The van der Waals surface area contributed by atoms with E-state index < -0.39 is 21.7 Å². The largest absolute Gasteiger partial charge is 0.325 e. The van der Waals surface area contributed by atoms with E-state index in [1.54, 1.807) is 4.57 Å². The molecule has 0 fully saturated rings. The quantitative estimate of drug-likeness (QED) is 0.471. The number of hydrogen-bond acceptors (Lipinski definition) is 6. The second kappa shape index (κ2) is 10.1. The SMILES string of the molecule is CCn1c(CN(c2ccc(F)cc2)S(C)(=O)=O)nnc1SCC(=O)Nc1ccc(F)cc1. The normalized spacial score (nSPS) is 11.4. The van der Waals surface area contributed by atoms with Crippen LogP contribution in [0.2, 0.25) is 0 Å². The Morgan fingerprint density at radius 1 is 1.06 bits per heavy atom. The Morgan fingerprint density at radius 2 is 1.66 bits per heavy atom. The molecule has 3 aromatic rings. The number of carbonyl (C=O) groups excluding carboxylic acids is 1. The van der Waals surface area contributed by atoms with E-state index in [0.717, 1.165) is 22.3 Å². The highest BCUT2D eigenvalue weighted by Crippen LogP contribution is 2.23. The molecule has 0 aliphatic rings. The van der Waals surface area contributed by atoms with Crippen LogP contribution in [0.15, 0.2) is 53.7 Å². The van der Waals surface area contributed by atoms with Gasteiger partial charge >= 0.3 is 0 Å². The first-order valence-corrected chi connectivity index (χ1v) is 12.3. The van der Waals surface area contributed by atoms with E-state index in [2.05, 4.69) is 15.5 Å². The fourth-order valence-electron chi connectivity index (χ4n) is 2.86. The predicted octanol–water partition coefficient (Wildman–Crippen LogP) is 3.27. The molecule has 12 heteroatoms. The Kier molecular flexibility index (Phi) is 7.46. The molecule has 170 valence electrons. The fourth-order valence-corrected chi connectivity index (χ4v) is 4.53. The van der Waals surface area contributed by atoms with Gasteiger partial charge in [0.15, 0.2) is 11.0 Å². The van der Waals surface area contributed by atoms with Gasteiger partial charge in [-0.2, -0.15) is 0 Å². The standard InChI is InChI=1S/C20H21F2N5O3S2/c1-3-26-18(12-27(32(2,29)30)17-10-6-15(22)7-11-17)24-25-20(26)31-13-19(28)23-16-8-4-14(21)5-9-16/h4-11H,3,12-13H2,1-2H3,(H,23,28). The molecule has 2 aromatic carbocycles. The van der Waals surface area contributed by atoms with Gasteiger partial charge in [-0.25, -0.2) is 17.2 Å². The van der Waals surface area contributed by atoms with Crippen molar-refractivity contribution in [1.29, 1.82) is 0 Å². The minimum Gasteiger partial charge on any atom is -0.325 e. The number of thioether (sulfide) groups is 1. The molecule has 0 atom stereocenters. The molecule has 1 heterocycles. The summed E-state index contributed by atoms with van der Waals surface area (Å²) >= 11 is 1.14. The Labute approximate surface area is 188 Å². The lowest BCUT2D eigenvalue weighted by atomic mass is 10.3. The van der Waals surface area contributed by atoms with Crippen molar-refractivity contribution in [3.05, 3.63) is 66.0 Å². The molecule has 0 bridgehead atoms. The zero-order valence-electron chi connectivity index (χ0n) is 17.3. The molecule has 8 nitrogen and oxygen atoms in total. The second-order valence-corrected chi connectivity index (χ2v) is 9.58. The summed E-state index contributed by atoms with van der Waals surface area (Å²) in [6, 6.07) is 10.5. The summed E-state index contributed by atoms with van der Waals surface area (Å²) in [5.41, 5.74) is 0.769. The van der Waals surface area contributed by atoms with E-state index in [9.17, 15) is 22.0 Å². The summed E-state index contributed by atoms with van der Waals surface area (Å²) in [4.78, 5) is 12.2. The van der Waals surface area contributed by atoms with Crippen molar-refractivity contribution in [2.45, 2.75) is 25.2 Å². The van der Waals surface area contributed by atoms with Crippen LogP contribution in [0.5, 0.6) is 0 Å². The number of hydrogen-bond donors (Lipinski definition) is 1. The predicted molar refractivity (Wildman–Crippen MR) is 119 cm³/mol. The molecule has 0 saturated heterocycles. The average Bonchev–Trinajstić information content (AvgIpc) is 3.14. The smallest absolute Gasteiger partial charge is 0.234 e. The van der Waals surface area contributed by atoms with Crippen LogP contribution < -0.4 is 9.62 Å². The third-order valence-electron chi connectivity index (χ3n) is 4.37. The van der Waals surface area contributed by atoms with Crippen molar-refractivity contribution in [3.63, 3.8) is 0 Å². The number of halogens is 2. The van der Waals surface area contributed by atoms with Gasteiger partial charge in [0.1, 0.15) is 11.6 Å². The first-order valence-electron chi connectivity index (χ1n) is 9.51. The number of rotatable bonds is 9. The Morgan fingerprint density at radius 3 is 2.22 bits per heavy atom. The van der Waals surface area contributed by atoms with Crippen LogP contribution in [-0.4, -0.2) is 41.1 Å². The number of anilines is 2. The van der Waals surface area contributed by atoms with Crippen molar-refractivity contribution >= 4 is 39.1 Å². The van der Waals surface area contributed by atoms with Gasteiger partial charge in [-0.05, 0) is 55.5 Å². The zero-order valence-corrected chi connectivity index (χ0v) is 19.0. The number of nitrogens with zero attached hydrogens (tertiary/aromatic N) is 4. The van der Waals surface area contributed by atoms with E-state index in [4.69, 9.17) is 0 Å². The first-order chi connectivity index (χ1) is 15.2. The molecule has 0 radical (unpaired) electrons. The van der Waals surface area contributed by atoms with E-state index in [1.807, 2.05) is 6.92 Å². The molecule has 0 saturated carbocycles. The number of benzene rings is 2. The van der Waals surface area contributed by atoms with Gasteiger partial charge in [0.05, 0.1) is 24.2 Å². The van der Waals surface area contributed by atoms with Crippen molar-refractivity contribution in [1.82, 2.24) is 14.8 Å². The summed E-state index contributed by atoms with van der Waals surface area (Å²) in [6.07, 6.45) is 1.05. The first kappa shape index (κ1) is 23.7. The zero-order chi connectivity index (χ0) is 23.3. The maximum absolute atomic E-state index is 13.3. The van der Waals surface area contributed by atoms with Crippen LogP contribution in [0.25, 0.3) is 0 Å². The Balaban J connectivity index is 1.72. The lowest BCUT2D eigenvalue weighted by molar-refractivity contribution is -0.113. The van der Waals surface area contributed by atoms with Crippen LogP contribution in [0.3, 0.4) is 0 Å². The molecular formula is C20H21F2N5O3S2. The number of carbonyl (C=O) groups is 1. The molecule has 32 heavy (non-hydrogen) atoms. The summed E-state index contributed by atoms with van der Waals surface area (Å²) in [5.74, 6) is -0.772. The van der Waals surface area contributed by atoms with Gasteiger partial charge in [0.2, 0.25) is 15.9 Å². The molecule has 3 rings (SSSR count). The number of amides is 1. The molecule has 0 spiro atoms. The monoisotopic (exact) mass is 481 g/mol. The van der Waals surface area contributed by atoms with E-state index >= 15 is 0 Å². The van der Waals surface area contributed by atoms with Crippen molar-refractivity contribution in [2.75, 3.05) is 21.6 Å². The van der Waals surface area contributed by atoms with Crippen molar-refractivity contribution < 1.29 is 22.0 Å². The Bertz CT molecular complexity index is 1180. The van der Waals surface area contributed by atoms with E-state index in [-0.39, 0.29) is 18.2 Å². The fraction of sp³-hybridized carbons (Fsp3) is 0.250. The van der Waals surface area contributed by atoms with E-state index in [0.29, 0.717) is 28.9 Å². The van der Waals surface area contributed by atoms with Crippen molar-refractivity contribution in [2.24, 2.45) is 0 Å². The lowest BCUT2D eigenvalue weighted by Gasteiger charge is -2.22. The Hall–Kier alpha value is -2.99. The van der Waals surface area contributed by atoms with Crippen molar-refractivity contribution in [3.8, 4) is 0 Å². The third kappa shape index (κ3) is 6.04. The molecular weight excluding hydrogens is 460 g/mol. The molecule has 1 N–H and O–H groups in total. The van der Waals surface area contributed by atoms with Gasteiger partial charge in [0.25, 0.3) is 0 Å². The molecule has 0 unspecified atom stereocenters. The minimum absolute atomic E-state index is 0.0310. The van der Waals surface area contributed by atoms with E-state index in [1.165, 1.54) is 48.5 Å². The summed E-state index contributed by atoms with van der Waals surface area (Å²) in [6.45, 7) is 2.19. The highest BCUT2D eigenvalue weighted by Gasteiger charge is 2.22. The van der Waals surface area contributed by atoms with Gasteiger partial charge in [0, 0.05) is 12.2 Å². The average molecular weight is 482 g/mol.